The summed E-state index contributed by atoms with van der Waals surface area (Å²) in [6.07, 6.45) is 4.12. The van der Waals surface area contributed by atoms with Crippen LogP contribution in [0.1, 0.15) is 34.8 Å². The van der Waals surface area contributed by atoms with Crippen molar-refractivity contribution in [1.29, 1.82) is 0 Å². The zero-order valence-electron chi connectivity index (χ0n) is 14.4. The molecule has 1 aliphatic heterocycles. The molecule has 2 aliphatic rings. The first-order valence-corrected chi connectivity index (χ1v) is 9.09. The van der Waals surface area contributed by atoms with Gasteiger partial charge in [-0.3, -0.25) is 4.79 Å². The molecule has 26 heavy (non-hydrogen) atoms. The average molecular weight is 348 g/mol. The molecule has 1 amide bonds. The van der Waals surface area contributed by atoms with Crippen LogP contribution in [-0.2, 0) is 0 Å². The molecular formula is C19H20N6O. The molecule has 0 atom stereocenters. The van der Waals surface area contributed by atoms with Crippen LogP contribution in [0.4, 0.5) is 5.82 Å². The van der Waals surface area contributed by atoms with Gasteiger partial charge in [-0.2, -0.15) is 5.10 Å². The molecule has 2 aromatic heterocycles. The third-order valence-corrected chi connectivity index (χ3v) is 5.22. The molecule has 2 fully saturated rings. The standard InChI is InChI=1S/C19H20N6O/c26-19(14-3-4-16-17(11-14)21-12-20-16)25-9-7-24(8-10-25)18-6-5-15(22-23-18)13-1-2-13/h3-6,11-13H,1-2,7-10H2,(H,20,21). The van der Waals surface area contributed by atoms with Crippen molar-refractivity contribution < 1.29 is 4.79 Å². The van der Waals surface area contributed by atoms with Gasteiger partial charge in [0.15, 0.2) is 5.82 Å². The van der Waals surface area contributed by atoms with Crippen molar-refractivity contribution in [1.82, 2.24) is 25.1 Å². The summed E-state index contributed by atoms with van der Waals surface area (Å²) in [6.45, 7) is 2.92. The summed E-state index contributed by atoms with van der Waals surface area (Å²) >= 11 is 0. The Balaban J connectivity index is 1.25. The van der Waals surface area contributed by atoms with Gasteiger partial charge in [0.1, 0.15) is 0 Å². The quantitative estimate of drug-likeness (QED) is 0.785. The Kier molecular flexibility index (Phi) is 3.58. The lowest BCUT2D eigenvalue weighted by atomic mass is 10.1. The largest absolute Gasteiger partial charge is 0.352 e. The lowest BCUT2D eigenvalue weighted by Gasteiger charge is -2.35. The fraction of sp³-hybridized carbons (Fsp3) is 0.368. The Morgan fingerprint density at radius 1 is 1.04 bits per heavy atom. The van der Waals surface area contributed by atoms with Crippen molar-refractivity contribution in [3.05, 3.63) is 47.9 Å². The number of hydrogen-bond acceptors (Lipinski definition) is 5. The lowest BCUT2D eigenvalue weighted by molar-refractivity contribution is 0.0746. The highest BCUT2D eigenvalue weighted by Crippen LogP contribution is 2.38. The van der Waals surface area contributed by atoms with Crippen LogP contribution in [-0.4, -0.2) is 57.2 Å². The molecular weight excluding hydrogens is 328 g/mol. The molecule has 132 valence electrons. The molecule has 5 rings (SSSR count). The van der Waals surface area contributed by atoms with Crippen LogP contribution in [0.15, 0.2) is 36.7 Å². The molecule has 1 aromatic carbocycles. The molecule has 1 saturated heterocycles. The first-order valence-electron chi connectivity index (χ1n) is 9.09. The highest BCUT2D eigenvalue weighted by Gasteiger charge is 2.26. The van der Waals surface area contributed by atoms with Crippen molar-refractivity contribution in [2.75, 3.05) is 31.1 Å². The Morgan fingerprint density at radius 3 is 2.62 bits per heavy atom. The van der Waals surface area contributed by atoms with Gasteiger partial charge in [0.05, 0.1) is 23.1 Å². The van der Waals surface area contributed by atoms with E-state index in [4.69, 9.17) is 0 Å². The minimum Gasteiger partial charge on any atom is -0.352 e. The Hall–Kier alpha value is -2.96. The average Bonchev–Trinajstić information content (AvgIpc) is 3.45. The fourth-order valence-electron chi connectivity index (χ4n) is 3.49. The number of carbonyl (C=O) groups excluding carboxylic acids is 1. The highest BCUT2D eigenvalue weighted by atomic mass is 16.2. The summed E-state index contributed by atoms with van der Waals surface area (Å²) in [4.78, 5) is 24.1. The molecule has 3 aromatic rings. The van der Waals surface area contributed by atoms with Crippen LogP contribution in [0.3, 0.4) is 0 Å². The summed E-state index contributed by atoms with van der Waals surface area (Å²) in [7, 11) is 0. The van der Waals surface area contributed by atoms with E-state index in [0.29, 0.717) is 24.6 Å². The van der Waals surface area contributed by atoms with E-state index in [-0.39, 0.29) is 5.91 Å². The fourth-order valence-corrected chi connectivity index (χ4v) is 3.49. The van der Waals surface area contributed by atoms with E-state index in [1.807, 2.05) is 23.1 Å². The summed E-state index contributed by atoms with van der Waals surface area (Å²) in [5.41, 5.74) is 3.57. The smallest absolute Gasteiger partial charge is 0.254 e. The number of H-pyrrole nitrogens is 1. The normalized spacial score (nSPS) is 17.7. The van der Waals surface area contributed by atoms with Gasteiger partial charge in [0, 0.05) is 37.7 Å². The second kappa shape index (κ2) is 6.09. The maximum Gasteiger partial charge on any atom is 0.254 e. The highest BCUT2D eigenvalue weighted by molar-refractivity contribution is 5.97. The molecule has 0 bridgehead atoms. The lowest BCUT2D eigenvalue weighted by Crippen LogP contribution is -2.49. The topological polar surface area (TPSA) is 78.0 Å². The number of carbonyl (C=O) groups is 1. The first-order chi connectivity index (χ1) is 12.8. The zero-order chi connectivity index (χ0) is 17.5. The van der Waals surface area contributed by atoms with Gasteiger partial charge in [0.2, 0.25) is 0 Å². The van der Waals surface area contributed by atoms with E-state index < -0.39 is 0 Å². The van der Waals surface area contributed by atoms with Crippen molar-refractivity contribution >= 4 is 22.8 Å². The van der Waals surface area contributed by atoms with Crippen molar-refractivity contribution in [2.45, 2.75) is 18.8 Å². The predicted octanol–water partition coefficient (Wildman–Crippen LogP) is 2.19. The van der Waals surface area contributed by atoms with Gasteiger partial charge in [-0.15, -0.1) is 5.10 Å². The van der Waals surface area contributed by atoms with Gasteiger partial charge < -0.3 is 14.8 Å². The number of benzene rings is 1. The number of aromatic nitrogens is 4. The van der Waals surface area contributed by atoms with Crippen LogP contribution in [0, 0.1) is 0 Å². The van der Waals surface area contributed by atoms with Gasteiger partial charge >= 0.3 is 0 Å². The third kappa shape index (κ3) is 2.79. The monoisotopic (exact) mass is 348 g/mol. The maximum atomic E-state index is 12.8. The number of anilines is 1. The number of fused-ring (bicyclic) bond motifs is 1. The number of imidazole rings is 1. The van der Waals surface area contributed by atoms with Gasteiger partial charge in [0.25, 0.3) is 5.91 Å². The SMILES string of the molecule is O=C(c1ccc2nc[nH]c2c1)N1CCN(c2ccc(C3CC3)nn2)CC1. The van der Waals surface area contributed by atoms with E-state index in [1.165, 1.54) is 12.8 Å². The first kappa shape index (κ1) is 15.3. The number of amides is 1. The minimum absolute atomic E-state index is 0.0660. The molecule has 7 nitrogen and oxygen atoms in total. The summed E-state index contributed by atoms with van der Waals surface area (Å²) in [5, 5.41) is 8.74. The molecule has 0 unspecified atom stereocenters. The molecule has 3 heterocycles. The van der Waals surface area contributed by atoms with Crippen LogP contribution >= 0.6 is 0 Å². The maximum absolute atomic E-state index is 12.8. The van der Waals surface area contributed by atoms with Gasteiger partial charge in [-0.25, -0.2) is 4.98 Å². The second-order valence-corrected chi connectivity index (χ2v) is 7.00. The molecule has 0 spiro atoms. The van der Waals surface area contributed by atoms with E-state index in [2.05, 4.69) is 37.2 Å². The number of aromatic amines is 1. The summed E-state index contributed by atoms with van der Waals surface area (Å²) in [6, 6.07) is 9.76. The van der Waals surface area contributed by atoms with Crippen molar-refractivity contribution in [3.63, 3.8) is 0 Å². The van der Waals surface area contributed by atoms with Gasteiger partial charge in [-0.1, -0.05) is 0 Å². The predicted molar refractivity (Wildman–Crippen MR) is 98.2 cm³/mol. The van der Waals surface area contributed by atoms with Crippen molar-refractivity contribution in [2.24, 2.45) is 0 Å². The Bertz CT molecular complexity index is 938. The zero-order valence-corrected chi connectivity index (χ0v) is 14.4. The number of nitrogens with one attached hydrogen (secondary N) is 1. The van der Waals surface area contributed by atoms with E-state index >= 15 is 0 Å². The summed E-state index contributed by atoms with van der Waals surface area (Å²) in [5.74, 6) is 1.59. The van der Waals surface area contributed by atoms with Gasteiger partial charge in [-0.05, 0) is 43.2 Å². The van der Waals surface area contributed by atoms with E-state index in [0.717, 1.165) is 35.6 Å². The summed E-state index contributed by atoms with van der Waals surface area (Å²) < 4.78 is 0. The van der Waals surface area contributed by atoms with Crippen molar-refractivity contribution in [3.8, 4) is 0 Å². The number of rotatable bonds is 3. The molecule has 1 saturated carbocycles. The Labute approximate surface area is 151 Å². The molecule has 1 N–H and O–H groups in total. The third-order valence-electron chi connectivity index (χ3n) is 5.22. The van der Waals surface area contributed by atoms with Crippen LogP contribution in [0.2, 0.25) is 0 Å². The number of nitrogens with zero attached hydrogens (tertiary/aromatic N) is 5. The Morgan fingerprint density at radius 2 is 1.88 bits per heavy atom. The molecule has 0 radical (unpaired) electrons. The van der Waals surface area contributed by atoms with Crippen LogP contribution in [0.5, 0.6) is 0 Å². The second-order valence-electron chi connectivity index (χ2n) is 7.00. The molecule has 1 aliphatic carbocycles. The number of hydrogen-bond donors (Lipinski definition) is 1. The van der Waals surface area contributed by atoms with Crippen LogP contribution in [0.25, 0.3) is 11.0 Å². The van der Waals surface area contributed by atoms with E-state index in [1.54, 1.807) is 6.33 Å². The number of piperazine rings is 1. The molecule has 7 heteroatoms. The van der Waals surface area contributed by atoms with E-state index in [9.17, 15) is 4.79 Å². The van der Waals surface area contributed by atoms with Crippen LogP contribution < -0.4 is 4.90 Å². The minimum atomic E-state index is 0.0660.